The van der Waals surface area contributed by atoms with Crippen molar-refractivity contribution in [2.24, 2.45) is 11.1 Å². The fourth-order valence-corrected chi connectivity index (χ4v) is 1.58. The zero-order valence-electron chi connectivity index (χ0n) is 13.6. The van der Waals surface area contributed by atoms with Crippen molar-refractivity contribution in [1.82, 2.24) is 5.32 Å². The molecule has 0 rings (SSSR count). The lowest BCUT2D eigenvalue weighted by atomic mass is 9.86. The third-order valence-electron chi connectivity index (χ3n) is 2.87. The molecule has 0 aromatic carbocycles. The van der Waals surface area contributed by atoms with Crippen LogP contribution in [0.3, 0.4) is 0 Å². The minimum Gasteiger partial charge on any atom is -0.480 e. The van der Waals surface area contributed by atoms with Crippen LogP contribution < -0.4 is 11.1 Å². The largest absolute Gasteiger partial charge is 0.480 e. The number of carboxylic acids is 1. The number of hydrogen-bond acceptors (Lipinski definition) is 8. The highest BCUT2D eigenvalue weighted by atomic mass is 17.5. The molecule has 0 aliphatic heterocycles. The minimum atomic E-state index is -1.21. The first-order valence-electron chi connectivity index (χ1n) is 6.94. The second kappa shape index (κ2) is 9.40. The number of nitrogens with two attached hydrogens (primary N) is 1. The number of aliphatic carboxylic acids is 1. The topological polar surface area (TPSA) is 157 Å². The first-order chi connectivity index (χ1) is 10.5. The van der Waals surface area contributed by atoms with E-state index in [-0.39, 0.29) is 12.8 Å². The normalized spacial score (nSPS) is 15.4. The van der Waals surface area contributed by atoms with Crippen LogP contribution >= 0.6 is 0 Å². The first-order valence-corrected chi connectivity index (χ1v) is 6.94. The van der Waals surface area contributed by atoms with Crippen molar-refractivity contribution in [2.45, 2.75) is 58.9 Å². The Morgan fingerprint density at radius 3 is 2.26 bits per heavy atom. The standard InChI is InChI=1S/C13H24N2O8/c1-7(22-23-20)21-12(19)10(13(2,3)4)15-9(16)6-5-8(14)11(17)18/h7-8,10,20H,5-6,14H2,1-4H3,(H,15,16)(H,17,18)/t7-,8+,10-/m1/s1. The Hall–Kier alpha value is -1.75. The van der Waals surface area contributed by atoms with Crippen molar-refractivity contribution in [3.63, 3.8) is 0 Å². The van der Waals surface area contributed by atoms with E-state index in [2.05, 4.69) is 15.2 Å². The zero-order chi connectivity index (χ0) is 18.2. The summed E-state index contributed by atoms with van der Waals surface area (Å²) < 4.78 is 4.86. The number of rotatable bonds is 9. The maximum absolute atomic E-state index is 12.1. The summed E-state index contributed by atoms with van der Waals surface area (Å²) in [6.07, 6.45) is -1.40. The van der Waals surface area contributed by atoms with Gasteiger partial charge in [0.15, 0.2) is 0 Å². The number of nitrogens with one attached hydrogen (secondary N) is 1. The maximum atomic E-state index is 12.1. The molecule has 0 aromatic heterocycles. The van der Waals surface area contributed by atoms with E-state index in [0.29, 0.717) is 0 Å². The molecule has 1 amide bonds. The molecule has 0 aliphatic rings. The molecule has 0 saturated heterocycles. The van der Waals surface area contributed by atoms with Crippen molar-refractivity contribution in [3.05, 3.63) is 0 Å². The van der Waals surface area contributed by atoms with Crippen LogP contribution in [0.4, 0.5) is 0 Å². The van der Waals surface area contributed by atoms with Crippen molar-refractivity contribution < 1.29 is 39.4 Å². The van der Waals surface area contributed by atoms with E-state index in [1.165, 1.54) is 6.92 Å². The van der Waals surface area contributed by atoms with Gasteiger partial charge in [-0.25, -0.2) is 10.1 Å². The van der Waals surface area contributed by atoms with E-state index < -0.39 is 41.6 Å². The summed E-state index contributed by atoms with van der Waals surface area (Å²) in [7, 11) is 0. The van der Waals surface area contributed by atoms with Crippen LogP contribution in [0.1, 0.15) is 40.5 Å². The monoisotopic (exact) mass is 336 g/mol. The van der Waals surface area contributed by atoms with Crippen molar-refractivity contribution >= 4 is 17.8 Å². The summed E-state index contributed by atoms with van der Waals surface area (Å²) in [6.45, 7) is 6.42. The fourth-order valence-electron chi connectivity index (χ4n) is 1.58. The van der Waals surface area contributed by atoms with Crippen LogP contribution in [-0.4, -0.2) is 46.6 Å². The van der Waals surface area contributed by atoms with Gasteiger partial charge in [-0.1, -0.05) is 25.8 Å². The predicted octanol–water partition coefficient (Wildman–Crippen LogP) is 0.0198. The third kappa shape index (κ3) is 8.45. The molecular formula is C13H24N2O8. The van der Waals surface area contributed by atoms with Crippen molar-refractivity contribution in [2.75, 3.05) is 0 Å². The summed E-state index contributed by atoms with van der Waals surface area (Å²) in [5.41, 5.74) is 4.64. The number of ether oxygens (including phenoxy) is 1. The van der Waals surface area contributed by atoms with Crippen LogP contribution in [-0.2, 0) is 29.0 Å². The highest BCUT2D eigenvalue weighted by molar-refractivity contribution is 5.85. The molecule has 0 spiro atoms. The zero-order valence-corrected chi connectivity index (χ0v) is 13.6. The average Bonchev–Trinajstić information content (AvgIpc) is 2.40. The van der Waals surface area contributed by atoms with Gasteiger partial charge in [0.25, 0.3) is 0 Å². The van der Waals surface area contributed by atoms with Crippen LogP contribution in [0.2, 0.25) is 0 Å². The molecule has 0 unspecified atom stereocenters. The second-order valence-corrected chi connectivity index (χ2v) is 6.03. The summed E-state index contributed by atoms with van der Waals surface area (Å²) in [4.78, 5) is 38.8. The Morgan fingerprint density at radius 2 is 1.83 bits per heavy atom. The van der Waals surface area contributed by atoms with Gasteiger partial charge in [0.2, 0.25) is 12.2 Å². The second-order valence-electron chi connectivity index (χ2n) is 6.03. The van der Waals surface area contributed by atoms with Gasteiger partial charge in [0, 0.05) is 13.3 Å². The van der Waals surface area contributed by atoms with E-state index in [9.17, 15) is 14.4 Å². The highest BCUT2D eigenvalue weighted by Crippen LogP contribution is 2.21. The van der Waals surface area contributed by atoms with E-state index >= 15 is 0 Å². The Balaban J connectivity index is 4.71. The average molecular weight is 336 g/mol. The van der Waals surface area contributed by atoms with E-state index in [1.807, 2.05) is 0 Å². The molecule has 3 atom stereocenters. The molecule has 0 bridgehead atoms. The van der Waals surface area contributed by atoms with Crippen LogP contribution in [0.25, 0.3) is 0 Å². The molecule has 10 heteroatoms. The number of carbonyl (C=O) groups is 3. The van der Waals surface area contributed by atoms with E-state index in [0.717, 1.165) is 0 Å². The van der Waals surface area contributed by atoms with Gasteiger partial charge in [-0.2, -0.15) is 4.89 Å². The summed E-state index contributed by atoms with van der Waals surface area (Å²) in [5, 5.41) is 22.7. The highest BCUT2D eigenvalue weighted by Gasteiger charge is 2.35. The molecule has 23 heavy (non-hydrogen) atoms. The summed E-state index contributed by atoms with van der Waals surface area (Å²) in [6, 6.07) is -2.17. The Morgan fingerprint density at radius 1 is 1.26 bits per heavy atom. The molecule has 0 heterocycles. The fraction of sp³-hybridized carbons (Fsp3) is 0.769. The van der Waals surface area contributed by atoms with E-state index in [1.54, 1.807) is 20.8 Å². The van der Waals surface area contributed by atoms with Gasteiger partial charge in [-0.05, 0) is 11.8 Å². The summed E-state index contributed by atoms with van der Waals surface area (Å²) in [5.74, 6) is -2.54. The number of amides is 1. The van der Waals surface area contributed by atoms with Gasteiger partial charge in [-0.3, -0.25) is 9.59 Å². The molecule has 5 N–H and O–H groups in total. The quantitative estimate of drug-likeness (QED) is 0.197. The SMILES string of the molecule is C[C@@H](OOO)OC(=O)[C@@H](NC(=O)CC[C@H](N)C(=O)O)C(C)(C)C. The molecule has 134 valence electrons. The Kier molecular flexibility index (Phi) is 8.69. The number of carbonyl (C=O) groups excluding carboxylic acids is 2. The van der Waals surface area contributed by atoms with Gasteiger partial charge in [-0.15, -0.1) is 0 Å². The van der Waals surface area contributed by atoms with Gasteiger partial charge in [0.05, 0.1) is 0 Å². The smallest absolute Gasteiger partial charge is 0.331 e. The lowest BCUT2D eigenvalue weighted by Gasteiger charge is -2.30. The van der Waals surface area contributed by atoms with Crippen molar-refractivity contribution in [1.29, 1.82) is 0 Å². The minimum absolute atomic E-state index is 0.0645. The van der Waals surface area contributed by atoms with Gasteiger partial charge >= 0.3 is 11.9 Å². The van der Waals surface area contributed by atoms with E-state index in [4.69, 9.17) is 20.8 Å². The number of hydrogen-bond donors (Lipinski definition) is 4. The number of esters is 1. The first kappa shape index (κ1) is 21.2. The molecule has 0 aliphatic carbocycles. The molecule has 0 radical (unpaired) electrons. The predicted molar refractivity (Wildman–Crippen MR) is 76.6 cm³/mol. The molecule has 10 nitrogen and oxygen atoms in total. The van der Waals surface area contributed by atoms with Crippen molar-refractivity contribution in [3.8, 4) is 0 Å². The Bertz CT molecular complexity index is 421. The van der Waals surface area contributed by atoms with Crippen LogP contribution in [0.5, 0.6) is 0 Å². The Labute approximate surface area is 133 Å². The van der Waals surface area contributed by atoms with Gasteiger partial charge < -0.3 is 20.9 Å². The maximum Gasteiger partial charge on any atom is 0.331 e. The van der Waals surface area contributed by atoms with Crippen LogP contribution in [0, 0.1) is 5.41 Å². The molecule has 0 saturated carbocycles. The molecular weight excluding hydrogens is 312 g/mol. The van der Waals surface area contributed by atoms with Crippen LogP contribution in [0.15, 0.2) is 0 Å². The van der Waals surface area contributed by atoms with Gasteiger partial charge in [0.1, 0.15) is 12.1 Å². The molecule has 0 aromatic rings. The third-order valence-corrected chi connectivity index (χ3v) is 2.87. The lowest BCUT2D eigenvalue weighted by molar-refractivity contribution is -0.523. The molecule has 0 fully saturated rings. The summed E-state index contributed by atoms with van der Waals surface area (Å²) >= 11 is 0. The lowest BCUT2D eigenvalue weighted by Crippen LogP contribution is -2.50. The number of carboxylic acid groups (broad SMARTS) is 1.